The van der Waals surface area contributed by atoms with Crippen molar-refractivity contribution in [2.45, 2.75) is 19.9 Å². The monoisotopic (exact) mass is 295 g/mol. The molecule has 0 saturated heterocycles. The third kappa shape index (κ3) is 6.19. The summed E-state index contributed by atoms with van der Waals surface area (Å²) in [6, 6.07) is 7.98. The summed E-state index contributed by atoms with van der Waals surface area (Å²) in [5, 5.41) is 6.61. The normalized spacial score (nSPS) is 11.2. The SMILES string of the molecule is CCNC(=NCc1ccccc1OC)NCCCSC. The molecule has 1 aromatic carbocycles. The first kappa shape index (κ1) is 16.7. The van der Waals surface area contributed by atoms with E-state index in [1.165, 1.54) is 5.75 Å². The van der Waals surface area contributed by atoms with Gasteiger partial charge in [-0.3, -0.25) is 0 Å². The molecule has 0 heterocycles. The van der Waals surface area contributed by atoms with Crippen molar-refractivity contribution in [2.75, 3.05) is 32.2 Å². The van der Waals surface area contributed by atoms with E-state index in [-0.39, 0.29) is 0 Å². The molecule has 0 saturated carbocycles. The summed E-state index contributed by atoms with van der Waals surface area (Å²) in [7, 11) is 1.69. The van der Waals surface area contributed by atoms with Crippen LogP contribution in [0.3, 0.4) is 0 Å². The molecule has 0 unspecified atom stereocenters. The third-order valence-corrected chi connectivity index (χ3v) is 3.46. The lowest BCUT2D eigenvalue weighted by Gasteiger charge is -2.11. The summed E-state index contributed by atoms with van der Waals surface area (Å²) in [4.78, 5) is 4.60. The third-order valence-electron chi connectivity index (χ3n) is 2.76. The first-order chi connectivity index (χ1) is 9.81. The minimum Gasteiger partial charge on any atom is -0.496 e. The van der Waals surface area contributed by atoms with Gasteiger partial charge in [0.25, 0.3) is 0 Å². The van der Waals surface area contributed by atoms with E-state index in [4.69, 9.17) is 4.74 Å². The molecule has 0 radical (unpaired) electrons. The summed E-state index contributed by atoms with van der Waals surface area (Å²) in [5.74, 6) is 2.91. The predicted molar refractivity (Wildman–Crippen MR) is 88.8 cm³/mol. The summed E-state index contributed by atoms with van der Waals surface area (Å²) in [6.07, 6.45) is 3.27. The topological polar surface area (TPSA) is 45.7 Å². The van der Waals surface area contributed by atoms with Gasteiger partial charge >= 0.3 is 0 Å². The zero-order chi connectivity index (χ0) is 14.6. The van der Waals surface area contributed by atoms with E-state index in [0.717, 1.165) is 36.8 Å². The van der Waals surface area contributed by atoms with Gasteiger partial charge in [0.1, 0.15) is 5.75 Å². The molecule has 2 N–H and O–H groups in total. The lowest BCUT2D eigenvalue weighted by Crippen LogP contribution is -2.37. The van der Waals surface area contributed by atoms with E-state index < -0.39 is 0 Å². The Hall–Kier alpha value is -1.36. The Kier molecular flexibility index (Phi) is 8.71. The molecule has 5 heteroatoms. The van der Waals surface area contributed by atoms with Crippen LogP contribution in [-0.2, 0) is 6.54 Å². The van der Waals surface area contributed by atoms with Crippen molar-refractivity contribution in [1.82, 2.24) is 10.6 Å². The molecule has 112 valence electrons. The summed E-state index contributed by atoms with van der Waals surface area (Å²) >= 11 is 1.86. The number of thioether (sulfide) groups is 1. The Bertz CT molecular complexity index is 410. The zero-order valence-corrected chi connectivity index (χ0v) is 13.4. The highest BCUT2D eigenvalue weighted by molar-refractivity contribution is 7.98. The highest BCUT2D eigenvalue weighted by Crippen LogP contribution is 2.17. The van der Waals surface area contributed by atoms with Crippen molar-refractivity contribution < 1.29 is 4.74 Å². The fraction of sp³-hybridized carbons (Fsp3) is 0.533. The Morgan fingerprint density at radius 3 is 2.80 bits per heavy atom. The van der Waals surface area contributed by atoms with E-state index in [0.29, 0.717) is 6.54 Å². The molecule has 0 spiro atoms. The molecule has 20 heavy (non-hydrogen) atoms. The summed E-state index contributed by atoms with van der Waals surface area (Å²) < 4.78 is 5.34. The van der Waals surface area contributed by atoms with Gasteiger partial charge in [-0.25, -0.2) is 4.99 Å². The van der Waals surface area contributed by atoms with Gasteiger partial charge in [-0.15, -0.1) is 0 Å². The average Bonchev–Trinajstić information content (AvgIpc) is 2.49. The minimum atomic E-state index is 0.613. The maximum absolute atomic E-state index is 5.34. The number of hydrogen-bond donors (Lipinski definition) is 2. The first-order valence-corrected chi connectivity index (χ1v) is 8.34. The number of guanidine groups is 1. The van der Waals surface area contributed by atoms with Crippen LogP contribution in [0.1, 0.15) is 18.9 Å². The van der Waals surface area contributed by atoms with Crippen LogP contribution in [-0.4, -0.2) is 38.2 Å². The van der Waals surface area contributed by atoms with Crippen LogP contribution in [0.2, 0.25) is 0 Å². The molecule has 0 fully saturated rings. The number of para-hydroxylation sites is 1. The average molecular weight is 295 g/mol. The number of ether oxygens (including phenoxy) is 1. The van der Waals surface area contributed by atoms with Gasteiger partial charge in [-0.2, -0.15) is 11.8 Å². The predicted octanol–water partition coefficient (Wildman–Crippen LogP) is 2.50. The van der Waals surface area contributed by atoms with Crippen molar-refractivity contribution in [3.63, 3.8) is 0 Å². The molecular formula is C15H25N3OS. The van der Waals surface area contributed by atoms with E-state index in [9.17, 15) is 0 Å². The number of rotatable bonds is 8. The van der Waals surface area contributed by atoms with Crippen molar-refractivity contribution >= 4 is 17.7 Å². The number of nitrogens with one attached hydrogen (secondary N) is 2. The summed E-state index contributed by atoms with van der Waals surface area (Å²) in [5.41, 5.74) is 1.09. The van der Waals surface area contributed by atoms with Crippen LogP contribution >= 0.6 is 11.8 Å². The smallest absolute Gasteiger partial charge is 0.191 e. The standard InChI is InChI=1S/C15H25N3OS/c1-4-16-15(17-10-7-11-20-3)18-12-13-8-5-6-9-14(13)19-2/h5-6,8-9H,4,7,10-12H2,1-3H3,(H2,16,17,18). The lowest BCUT2D eigenvalue weighted by molar-refractivity contribution is 0.410. The maximum Gasteiger partial charge on any atom is 0.191 e. The fourth-order valence-electron chi connectivity index (χ4n) is 1.76. The van der Waals surface area contributed by atoms with E-state index in [1.54, 1.807) is 7.11 Å². The van der Waals surface area contributed by atoms with Crippen molar-refractivity contribution in [3.05, 3.63) is 29.8 Å². The zero-order valence-electron chi connectivity index (χ0n) is 12.6. The second-order valence-corrected chi connectivity index (χ2v) is 5.27. The number of benzene rings is 1. The second kappa shape index (κ2) is 10.4. The number of hydrogen-bond acceptors (Lipinski definition) is 3. The number of nitrogens with zero attached hydrogens (tertiary/aromatic N) is 1. The molecule has 0 aliphatic rings. The molecule has 1 rings (SSSR count). The van der Waals surface area contributed by atoms with Crippen LogP contribution in [0.5, 0.6) is 5.75 Å². The molecule has 1 aromatic rings. The Labute approximate surface area is 126 Å². The minimum absolute atomic E-state index is 0.613. The van der Waals surface area contributed by atoms with Crippen LogP contribution in [0.15, 0.2) is 29.3 Å². The molecule has 0 aliphatic carbocycles. The van der Waals surface area contributed by atoms with E-state index in [2.05, 4.69) is 28.8 Å². The number of aliphatic imine (C=N–C) groups is 1. The van der Waals surface area contributed by atoms with Gasteiger partial charge in [0.2, 0.25) is 0 Å². The quantitative estimate of drug-likeness (QED) is 0.439. The van der Waals surface area contributed by atoms with Crippen LogP contribution in [0, 0.1) is 0 Å². The Morgan fingerprint density at radius 1 is 1.30 bits per heavy atom. The van der Waals surface area contributed by atoms with Crippen LogP contribution in [0.25, 0.3) is 0 Å². The highest BCUT2D eigenvalue weighted by Gasteiger charge is 2.01. The molecule has 0 atom stereocenters. The fourth-order valence-corrected chi connectivity index (χ4v) is 2.20. The van der Waals surface area contributed by atoms with Gasteiger partial charge in [-0.1, -0.05) is 18.2 Å². The Balaban J connectivity index is 2.57. The van der Waals surface area contributed by atoms with Gasteiger partial charge < -0.3 is 15.4 Å². The Morgan fingerprint density at radius 2 is 2.10 bits per heavy atom. The summed E-state index contributed by atoms with van der Waals surface area (Å²) in [6.45, 7) is 4.49. The van der Waals surface area contributed by atoms with Crippen molar-refractivity contribution in [1.29, 1.82) is 0 Å². The first-order valence-electron chi connectivity index (χ1n) is 6.94. The van der Waals surface area contributed by atoms with Gasteiger partial charge in [-0.05, 0) is 31.4 Å². The van der Waals surface area contributed by atoms with Gasteiger partial charge in [0.05, 0.1) is 13.7 Å². The van der Waals surface area contributed by atoms with Crippen molar-refractivity contribution in [3.8, 4) is 5.75 Å². The molecule has 4 nitrogen and oxygen atoms in total. The molecule has 0 aromatic heterocycles. The molecule has 0 amide bonds. The van der Waals surface area contributed by atoms with E-state index in [1.807, 2.05) is 36.0 Å². The second-order valence-electron chi connectivity index (χ2n) is 4.28. The van der Waals surface area contributed by atoms with Crippen LogP contribution < -0.4 is 15.4 Å². The lowest BCUT2D eigenvalue weighted by atomic mass is 10.2. The number of methoxy groups -OCH3 is 1. The van der Waals surface area contributed by atoms with Gasteiger partial charge in [0, 0.05) is 18.7 Å². The van der Waals surface area contributed by atoms with Crippen molar-refractivity contribution in [2.24, 2.45) is 4.99 Å². The maximum atomic E-state index is 5.34. The largest absolute Gasteiger partial charge is 0.496 e. The van der Waals surface area contributed by atoms with E-state index >= 15 is 0 Å². The van der Waals surface area contributed by atoms with Gasteiger partial charge in [0.15, 0.2) is 5.96 Å². The molecular weight excluding hydrogens is 270 g/mol. The molecule has 0 aliphatic heterocycles. The van der Waals surface area contributed by atoms with Crippen LogP contribution in [0.4, 0.5) is 0 Å². The highest BCUT2D eigenvalue weighted by atomic mass is 32.2. The molecule has 0 bridgehead atoms.